The van der Waals surface area contributed by atoms with Gasteiger partial charge in [0.15, 0.2) is 0 Å². The van der Waals surface area contributed by atoms with Crippen LogP contribution in [0.5, 0.6) is 0 Å². The van der Waals surface area contributed by atoms with Crippen LogP contribution in [0.1, 0.15) is 45.5 Å². The van der Waals surface area contributed by atoms with E-state index in [1.54, 1.807) is 11.3 Å². The number of nitriles is 1. The lowest BCUT2D eigenvalue weighted by Gasteiger charge is -2.10. The summed E-state index contributed by atoms with van der Waals surface area (Å²) >= 11 is 3.00. The number of anilines is 1. The molecular weight excluding hydrogens is 398 g/mol. The molecule has 0 atom stereocenters. The van der Waals surface area contributed by atoms with E-state index in [4.69, 9.17) is 4.98 Å². The van der Waals surface area contributed by atoms with Crippen molar-refractivity contribution >= 4 is 44.9 Å². The Balaban J connectivity index is 1.49. The molecule has 29 heavy (non-hydrogen) atoms. The van der Waals surface area contributed by atoms with E-state index in [0.29, 0.717) is 10.6 Å². The number of fused-ring (bicyclic) bond motifs is 2. The molecule has 0 saturated heterocycles. The van der Waals surface area contributed by atoms with Crippen molar-refractivity contribution in [1.82, 2.24) is 4.98 Å². The predicted octanol–water partition coefficient (Wildman–Crippen LogP) is 5.70. The Bertz CT molecular complexity index is 1160. The molecule has 0 unspecified atom stereocenters. The molecular formula is C23H23N3OS2. The Kier molecular flexibility index (Phi) is 5.62. The monoisotopic (exact) mass is 421 g/mol. The van der Waals surface area contributed by atoms with Crippen LogP contribution in [0.25, 0.3) is 10.9 Å². The van der Waals surface area contributed by atoms with E-state index in [2.05, 4.69) is 44.3 Å². The lowest BCUT2D eigenvalue weighted by Crippen LogP contribution is -2.14. The van der Waals surface area contributed by atoms with Crippen LogP contribution in [0.2, 0.25) is 0 Å². The van der Waals surface area contributed by atoms with E-state index in [-0.39, 0.29) is 11.7 Å². The zero-order valence-electron chi connectivity index (χ0n) is 16.9. The minimum Gasteiger partial charge on any atom is -0.316 e. The van der Waals surface area contributed by atoms with Crippen LogP contribution < -0.4 is 5.32 Å². The summed E-state index contributed by atoms with van der Waals surface area (Å²) < 4.78 is 0. The normalized spacial score (nSPS) is 13.2. The highest BCUT2D eigenvalue weighted by Crippen LogP contribution is 2.37. The Morgan fingerprint density at radius 1 is 1.21 bits per heavy atom. The molecule has 0 saturated carbocycles. The zero-order chi connectivity index (χ0) is 20.5. The van der Waals surface area contributed by atoms with E-state index in [0.717, 1.165) is 47.4 Å². The van der Waals surface area contributed by atoms with Crippen LogP contribution in [-0.4, -0.2) is 16.6 Å². The van der Waals surface area contributed by atoms with Crippen molar-refractivity contribution in [2.45, 2.75) is 51.5 Å². The third-order valence-electron chi connectivity index (χ3n) is 5.32. The van der Waals surface area contributed by atoms with Gasteiger partial charge in [-0.3, -0.25) is 4.79 Å². The molecule has 4 nitrogen and oxygen atoms in total. The lowest BCUT2D eigenvalue weighted by molar-refractivity contribution is -0.113. The largest absolute Gasteiger partial charge is 0.316 e. The molecule has 1 aromatic carbocycles. The molecule has 1 aliphatic carbocycles. The summed E-state index contributed by atoms with van der Waals surface area (Å²) in [6, 6.07) is 8.64. The van der Waals surface area contributed by atoms with Crippen LogP contribution >= 0.6 is 23.1 Å². The summed E-state index contributed by atoms with van der Waals surface area (Å²) in [4.78, 5) is 18.6. The summed E-state index contributed by atoms with van der Waals surface area (Å²) in [5.41, 5.74) is 6.35. The summed E-state index contributed by atoms with van der Waals surface area (Å²) in [7, 11) is 0. The minimum absolute atomic E-state index is 0.0923. The van der Waals surface area contributed by atoms with Gasteiger partial charge in [-0.15, -0.1) is 11.3 Å². The van der Waals surface area contributed by atoms with Crippen molar-refractivity contribution in [3.63, 3.8) is 0 Å². The summed E-state index contributed by atoms with van der Waals surface area (Å²) in [5.74, 6) is 0.182. The first-order valence-electron chi connectivity index (χ1n) is 9.82. The number of amides is 1. The van der Waals surface area contributed by atoms with Crippen LogP contribution in [0.4, 0.5) is 5.00 Å². The molecule has 1 aliphatic rings. The number of nitrogens with one attached hydrogen (secondary N) is 1. The number of aromatic nitrogens is 1. The average molecular weight is 422 g/mol. The maximum Gasteiger partial charge on any atom is 0.235 e. The molecule has 2 heterocycles. The molecule has 0 radical (unpaired) electrons. The van der Waals surface area contributed by atoms with Gasteiger partial charge in [0.2, 0.25) is 5.91 Å². The molecule has 0 spiro atoms. The molecule has 3 aromatic rings. The van der Waals surface area contributed by atoms with Crippen LogP contribution in [0.15, 0.2) is 23.2 Å². The number of pyridine rings is 1. The average Bonchev–Trinajstić information content (AvgIpc) is 3.04. The number of carbonyl (C=O) groups excluding carboxylic acids is 1. The second kappa shape index (κ2) is 8.17. The van der Waals surface area contributed by atoms with E-state index in [1.165, 1.54) is 33.2 Å². The first-order chi connectivity index (χ1) is 14.0. The van der Waals surface area contributed by atoms with E-state index < -0.39 is 0 Å². The molecule has 1 N–H and O–H groups in total. The van der Waals surface area contributed by atoms with E-state index in [1.807, 2.05) is 6.07 Å². The maximum absolute atomic E-state index is 12.6. The van der Waals surface area contributed by atoms with Gasteiger partial charge in [-0.05, 0) is 75.3 Å². The Labute approximate surface area is 179 Å². The summed E-state index contributed by atoms with van der Waals surface area (Å²) in [5, 5.41) is 15.2. The number of nitrogens with zero attached hydrogens (tertiary/aromatic N) is 2. The smallest absolute Gasteiger partial charge is 0.235 e. The van der Waals surface area contributed by atoms with Crippen molar-refractivity contribution in [3.8, 4) is 6.07 Å². The fourth-order valence-corrected chi connectivity index (χ4v) is 5.99. The first-order valence-corrected chi connectivity index (χ1v) is 11.6. The third kappa shape index (κ3) is 4.03. The fraction of sp³-hybridized carbons (Fsp3) is 0.348. The van der Waals surface area contributed by atoms with Crippen LogP contribution in [-0.2, 0) is 17.6 Å². The number of thioether (sulfide) groups is 1. The van der Waals surface area contributed by atoms with Gasteiger partial charge in [-0.2, -0.15) is 5.26 Å². The second-order valence-electron chi connectivity index (χ2n) is 7.62. The predicted molar refractivity (Wildman–Crippen MR) is 121 cm³/mol. The molecule has 148 valence electrons. The van der Waals surface area contributed by atoms with Crippen molar-refractivity contribution in [1.29, 1.82) is 5.26 Å². The molecule has 0 fully saturated rings. The fourth-order valence-electron chi connectivity index (χ4n) is 3.96. The van der Waals surface area contributed by atoms with Gasteiger partial charge >= 0.3 is 0 Å². The van der Waals surface area contributed by atoms with Gasteiger partial charge in [0.25, 0.3) is 0 Å². The standard InChI is InChI=1S/C23H23N3OS2/c1-13-8-15(3)22-17(9-13)14(2)10-21(26-22)28-12-20(27)25-23-18(11-24)16-6-4-5-7-19(16)29-23/h8-10H,4-7,12H2,1-3H3,(H,25,27). The number of hydrogen-bond acceptors (Lipinski definition) is 5. The first kappa shape index (κ1) is 19.9. The molecule has 0 bridgehead atoms. The topological polar surface area (TPSA) is 65.8 Å². The quantitative estimate of drug-likeness (QED) is 0.549. The van der Waals surface area contributed by atoms with E-state index in [9.17, 15) is 10.1 Å². The van der Waals surface area contributed by atoms with Gasteiger partial charge in [0, 0.05) is 10.3 Å². The van der Waals surface area contributed by atoms with Crippen molar-refractivity contribution in [2.75, 3.05) is 11.1 Å². The van der Waals surface area contributed by atoms with Crippen LogP contribution in [0.3, 0.4) is 0 Å². The van der Waals surface area contributed by atoms with Crippen molar-refractivity contribution in [3.05, 3.63) is 50.9 Å². The minimum atomic E-state index is -0.0923. The Morgan fingerprint density at radius 2 is 2.00 bits per heavy atom. The van der Waals surface area contributed by atoms with Crippen LogP contribution in [0, 0.1) is 32.1 Å². The summed E-state index contributed by atoms with van der Waals surface area (Å²) in [6.45, 7) is 6.25. The third-order valence-corrected chi connectivity index (χ3v) is 7.44. The van der Waals surface area contributed by atoms with Crippen molar-refractivity contribution in [2.24, 2.45) is 0 Å². The highest BCUT2D eigenvalue weighted by atomic mass is 32.2. The number of thiophene rings is 1. The van der Waals surface area contributed by atoms with Crippen molar-refractivity contribution < 1.29 is 4.79 Å². The van der Waals surface area contributed by atoms with Gasteiger partial charge in [-0.25, -0.2) is 4.98 Å². The molecule has 1 amide bonds. The SMILES string of the molecule is Cc1cc(C)c2nc(SCC(=O)Nc3sc4c(c3C#N)CCCC4)cc(C)c2c1. The van der Waals surface area contributed by atoms with Gasteiger partial charge in [0.05, 0.1) is 21.9 Å². The van der Waals surface area contributed by atoms with Gasteiger partial charge in [-0.1, -0.05) is 23.4 Å². The second-order valence-corrected chi connectivity index (χ2v) is 9.72. The highest BCUT2D eigenvalue weighted by Gasteiger charge is 2.21. The molecule has 0 aliphatic heterocycles. The van der Waals surface area contributed by atoms with Gasteiger partial charge < -0.3 is 5.32 Å². The number of carbonyl (C=O) groups is 1. The number of aryl methyl sites for hydroxylation is 4. The van der Waals surface area contributed by atoms with E-state index >= 15 is 0 Å². The zero-order valence-corrected chi connectivity index (χ0v) is 18.5. The highest BCUT2D eigenvalue weighted by molar-refractivity contribution is 7.99. The number of rotatable bonds is 4. The molecule has 4 rings (SSSR count). The Morgan fingerprint density at radius 3 is 2.79 bits per heavy atom. The van der Waals surface area contributed by atoms with Gasteiger partial charge in [0.1, 0.15) is 11.1 Å². The number of hydrogen-bond donors (Lipinski definition) is 1. The lowest BCUT2D eigenvalue weighted by atomic mass is 9.96. The molecule has 2 aromatic heterocycles. The Hall–Kier alpha value is -2.36. The molecule has 6 heteroatoms. The maximum atomic E-state index is 12.6. The summed E-state index contributed by atoms with van der Waals surface area (Å²) in [6.07, 6.45) is 4.23. The number of benzene rings is 1.